The van der Waals surface area contributed by atoms with Gasteiger partial charge in [-0.05, 0) is 18.6 Å². The van der Waals surface area contributed by atoms with Crippen molar-refractivity contribution in [2.75, 3.05) is 6.54 Å². The number of hydrogen-bond donors (Lipinski definition) is 2. The molecule has 2 heterocycles. The molecule has 0 aliphatic carbocycles. The molecule has 1 atom stereocenters. The summed E-state index contributed by atoms with van der Waals surface area (Å²) in [5.74, 6) is 0.609. The average molecular weight is 220 g/mol. The summed E-state index contributed by atoms with van der Waals surface area (Å²) in [6.45, 7) is 3.04. The Kier molecular flexibility index (Phi) is 3.17. The van der Waals surface area contributed by atoms with E-state index in [0.717, 1.165) is 24.1 Å². The first-order valence-electron chi connectivity index (χ1n) is 5.47. The minimum absolute atomic E-state index is 0.174. The maximum atomic E-state index is 9.80. The molecule has 1 unspecified atom stereocenters. The second kappa shape index (κ2) is 4.59. The van der Waals surface area contributed by atoms with Crippen LogP contribution in [0.15, 0.2) is 18.3 Å². The van der Waals surface area contributed by atoms with Crippen LogP contribution in [0.2, 0.25) is 0 Å². The molecule has 16 heavy (non-hydrogen) atoms. The van der Waals surface area contributed by atoms with E-state index < -0.39 is 6.10 Å². The number of hydrogen-bond acceptors (Lipinski definition) is 4. The van der Waals surface area contributed by atoms with E-state index in [1.54, 1.807) is 6.20 Å². The second-order valence-corrected chi connectivity index (χ2v) is 3.72. The molecule has 2 aromatic heterocycles. The van der Waals surface area contributed by atoms with Gasteiger partial charge in [-0.15, -0.1) is 0 Å². The Morgan fingerprint density at radius 3 is 3.06 bits per heavy atom. The van der Waals surface area contributed by atoms with Crippen LogP contribution in [0.3, 0.4) is 0 Å². The van der Waals surface area contributed by atoms with Crippen LogP contribution in [0.4, 0.5) is 0 Å². The van der Waals surface area contributed by atoms with Crippen molar-refractivity contribution in [1.29, 1.82) is 0 Å². The highest BCUT2D eigenvalue weighted by atomic mass is 16.3. The fourth-order valence-corrected chi connectivity index (χ4v) is 1.78. The van der Waals surface area contributed by atoms with Crippen molar-refractivity contribution in [3.8, 4) is 0 Å². The molecule has 2 aromatic rings. The number of aliphatic hydroxyl groups is 1. The number of fused-ring (bicyclic) bond motifs is 1. The molecule has 86 valence electrons. The summed E-state index contributed by atoms with van der Waals surface area (Å²) in [5.41, 5.74) is 7.08. The smallest absolute Gasteiger partial charge is 0.160 e. The van der Waals surface area contributed by atoms with E-state index in [9.17, 15) is 5.11 Å². The van der Waals surface area contributed by atoms with Gasteiger partial charge in [0.15, 0.2) is 5.65 Å². The lowest BCUT2D eigenvalue weighted by Gasteiger charge is -2.10. The molecule has 5 heteroatoms. The third kappa shape index (κ3) is 1.79. The largest absolute Gasteiger partial charge is 0.384 e. The molecule has 0 aliphatic rings. The SMILES string of the molecule is CCCn1c(C(O)CN)nc2cccnc21. The molecule has 0 saturated carbocycles. The van der Waals surface area contributed by atoms with Gasteiger partial charge in [-0.25, -0.2) is 9.97 Å². The third-order valence-electron chi connectivity index (χ3n) is 2.50. The van der Waals surface area contributed by atoms with Gasteiger partial charge in [0.2, 0.25) is 0 Å². The number of rotatable bonds is 4. The molecular formula is C11H16N4O. The van der Waals surface area contributed by atoms with E-state index in [4.69, 9.17) is 5.73 Å². The van der Waals surface area contributed by atoms with Gasteiger partial charge in [0.1, 0.15) is 17.4 Å². The maximum absolute atomic E-state index is 9.80. The lowest BCUT2D eigenvalue weighted by molar-refractivity contribution is 0.172. The fraction of sp³-hybridized carbons (Fsp3) is 0.455. The first-order valence-corrected chi connectivity index (χ1v) is 5.47. The van der Waals surface area contributed by atoms with Crippen LogP contribution < -0.4 is 5.73 Å². The minimum atomic E-state index is -0.722. The highest BCUT2D eigenvalue weighted by Gasteiger charge is 2.16. The predicted molar refractivity (Wildman–Crippen MR) is 61.8 cm³/mol. The molecule has 0 bridgehead atoms. The molecule has 0 spiro atoms. The van der Waals surface area contributed by atoms with Crippen molar-refractivity contribution >= 4 is 11.2 Å². The Labute approximate surface area is 93.9 Å². The van der Waals surface area contributed by atoms with Crippen molar-refractivity contribution < 1.29 is 5.11 Å². The van der Waals surface area contributed by atoms with Crippen LogP contribution in [0.25, 0.3) is 11.2 Å². The van der Waals surface area contributed by atoms with E-state index >= 15 is 0 Å². The molecule has 5 nitrogen and oxygen atoms in total. The standard InChI is InChI=1S/C11H16N4O/c1-2-6-15-10-8(4-3-5-13-10)14-11(15)9(16)7-12/h3-5,9,16H,2,6-7,12H2,1H3. The normalized spacial score (nSPS) is 13.2. The summed E-state index contributed by atoms with van der Waals surface area (Å²) in [6, 6.07) is 3.73. The van der Waals surface area contributed by atoms with Gasteiger partial charge >= 0.3 is 0 Å². The Morgan fingerprint density at radius 2 is 2.38 bits per heavy atom. The van der Waals surface area contributed by atoms with E-state index in [0.29, 0.717) is 5.82 Å². The van der Waals surface area contributed by atoms with Crippen molar-refractivity contribution in [3.05, 3.63) is 24.2 Å². The number of pyridine rings is 1. The van der Waals surface area contributed by atoms with E-state index in [1.165, 1.54) is 0 Å². The van der Waals surface area contributed by atoms with E-state index in [2.05, 4.69) is 16.9 Å². The Hall–Kier alpha value is -1.46. The fourth-order valence-electron chi connectivity index (χ4n) is 1.78. The molecule has 0 aliphatic heterocycles. The topological polar surface area (TPSA) is 77.0 Å². The molecule has 0 aromatic carbocycles. The van der Waals surface area contributed by atoms with Gasteiger partial charge in [-0.3, -0.25) is 0 Å². The zero-order valence-corrected chi connectivity index (χ0v) is 9.30. The predicted octanol–water partition coefficient (Wildman–Crippen LogP) is 0.833. The maximum Gasteiger partial charge on any atom is 0.160 e. The number of aryl methyl sites for hydroxylation is 1. The van der Waals surface area contributed by atoms with Crippen molar-refractivity contribution in [2.45, 2.75) is 26.0 Å². The van der Waals surface area contributed by atoms with Crippen LogP contribution in [-0.2, 0) is 6.54 Å². The van der Waals surface area contributed by atoms with Crippen molar-refractivity contribution in [3.63, 3.8) is 0 Å². The van der Waals surface area contributed by atoms with E-state index in [-0.39, 0.29) is 6.54 Å². The zero-order chi connectivity index (χ0) is 11.5. The Bertz CT molecular complexity index is 480. The molecule has 0 amide bonds. The highest BCUT2D eigenvalue weighted by molar-refractivity contribution is 5.71. The molecule has 0 radical (unpaired) electrons. The summed E-state index contributed by atoms with van der Waals surface area (Å²) in [6.07, 6.45) is 1.97. The lowest BCUT2D eigenvalue weighted by atomic mass is 10.3. The number of nitrogens with zero attached hydrogens (tertiary/aromatic N) is 3. The van der Waals surface area contributed by atoms with Gasteiger partial charge in [-0.1, -0.05) is 6.92 Å². The van der Waals surface area contributed by atoms with Crippen LogP contribution >= 0.6 is 0 Å². The second-order valence-electron chi connectivity index (χ2n) is 3.72. The molecule has 0 fully saturated rings. The van der Waals surface area contributed by atoms with Crippen LogP contribution in [0.5, 0.6) is 0 Å². The monoisotopic (exact) mass is 220 g/mol. The van der Waals surface area contributed by atoms with Crippen LogP contribution in [0.1, 0.15) is 25.3 Å². The van der Waals surface area contributed by atoms with Crippen LogP contribution in [-0.4, -0.2) is 26.2 Å². The first kappa shape index (κ1) is 11.0. The van der Waals surface area contributed by atoms with Gasteiger partial charge in [0.05, 0.1) is 0 Å². The van der Waals surface area contributed by atoms with Gasteiger partial charge < -0.3 is 15.4 Å². The summed E-state index contributed by atoms with van der Waals surface area (Å²) in [7, 11) is 0. The minimum Gasteiger partial charge on any atom is -0.384 e. The first-order chi connectivity index (χ1) is 7.77. The number of imidazole rings is 1. The molecule has 2 rings (SSSR count). The highest BCUT2D eigenvalue weighted by Crippen LogP contribution is 2.18. The number of aliphatic hydroxyl groups excluding tert-OH is 1. The molecular weight excluding hydrogens is 204 g/mol. The lowest BCUT2D eigenvalue weighted by Crippen LogP contribution is -2.17. The van der Waals surface area contributed by atoms with Crippen molar-refractivity contribution in [1.82, 2.24) is 14.5 Å². The zero-order valence-electron chi connectivity index (χ0n) is 9.30. The summed E-state index contributed by atoms with van der Waals surface area (Å²) < 4.78 is 1.94. The number of nitrogens with two attached hydrogens (primary N) is 1. The van der Waals surface area contributed by atoms with Crippen LogP contribution in [0, 0.1) is 0 Å². The Balaban J connectivity index is 2.58. The summed E-state index contributed by atoms with van der Waals surface area (Å²) in [4.78, 5) is 8.66. The van der Waals surface area contributed by atoms with Gasteiger partial charge in [0, 0.05) is 19.3 Å². The molecule has 0 saturated heterocycles. The molecule has 3 N–H and O–H groups in total. The summed E-state index contributed by atoms with van der Waals surface area (Å²) in [5, 5.41) is 9.80. The summed E-state index contributed by atoms with van der Waals surface area (Å²) >= 11 is 0. The third-order valence-corrected chi connectivity index (χ3v) is 2.50. The Morgan fingerprint density at radius 1 is 1.56 bits per heavy atom. The van der Waals surface area contributed by atoms with Gasteiger partial charge in [-0.2, -0.15) is 0 Å². The number of aromatic nitrogens is 3. The average Bonchev–Trinajstić information content (AvgIpc) is 2.68. The van der Waals surface area contributed by atoms with Gasteiger partial charge in [0.25, 0.3) is 0 Å². The van der Waals surface area contributed by atoms with E-state index in [1.807, 2.05) is 16.7 Å². The van der Waals surface area contributed by atoms with Crippen molar-refractivity contribution in [2.24, 2.45) is 5.73 Å². The quantitative estimate of drug-likeness (QED) is 0.800.